The van der Waals surface area contributed by atoms with Crippen molar-refractivity contribution in [1.29, 1.82) is 0 Å². The fraction of sp³-hybridized carbons (Fsp3) is 0.538. The average molecular weight is 237 g/mol. The Kier molecular flexibility index (Phi) is 3.86. The van der Waals surface area contributed by atoms with Crippen LogP contribution in [0.15, 0.2) is 18.2 Å². The molecule has 1 saturated heterocycles. The van der Waals surface area contributed by atoms with Gasteiger partial charge in [-0.25, -0.2) is 0 Å². The van der Waals surface area contributed by atoms with Gasteiger partial charge in [0.1, 0.15) is 11.5 Å². The first kappa shape index (κ1) is 12.2. The minimum Gasteiger partial charge on any atom is -0.508 e. The van der Waals surface area contributed by atoms with Crippen molar-refractivity contribution in [3.8, 4) is 11.5 Å². The Bertz CT molecular complexity index is 375. The molecule has 94 valence electrons. The molecule has 1 atom stereocenters. The van der Waals surface area contributed by atoms with Crippen LogP contribution in [-0.2, 0) is 4.74 Å². The molecule has 2 rings (SSSR count). The predicted octanol–water partition coefficient (Wildman–Crippen LogP) is 1.83. The van der Waals surface area contributed by atoms with Crippen LogP contribution in [0.5, 0.6) is 11.5 Å². The van der Waals surface area contributed by atoms with E-state index < -0.39 is 0 Å². The molecule has 1 aliphatic heterocycles. The highest BCUT2D eigenvalue weighted by molar-refractivity contribution is 5.42. The highest BCUT2D eigenvalue weighted by Crippen LogP contribution is 2.34. The van der Waals surface area contributed by atoms with Gasteiger partial charge in [0.2, 0.25) is 0 Å². The van der Waals surface area contributed by atoms with E-state index in [0.29, 0.717) is 11.7 Å². The maximum absolute atomic E-state index is 9.42. The van der Waals surface area contributed by atoms with Crippen molar-refractivity contribution >= 4 is 0 Å². The third-order valence-corrected chi connectivity index (χ3v) is 3.35. The number of nitrogens with two attached hydrogens (primary N) is 1. The minimum absolute atomic E-state index is 0.0607. The van der Waals surface area contributed by atoms with E-state index in [1.807, 2.05) is 6.07 Å². The summed E-state index contributed by atoms with van der Waals surface area (Å²) in [7, 11) is 1.59. The van der Waals surface area contributed by atoms with Gasteiger partial charge in [0.15, 0.2) is 0 Å². The van der Waals surface area contributed by atoms with Gasteiger partial charge in [-0.1, -0.05) is 6.07 Å². The summed E-state index contributed by atoms with van der Waals surface area (Å²) in [5.74, 6) is 1.27. The smallest absolute Gasteiger partial charge is 0.127 e. The number of hydrogen-bond acceptors (Lipinski definition) is 4. The molecule has 0 saturated carbocycles. The van der Waals surface area contributed by atoms with E-state index >= 15 is 0 Å². The molecule has 0 radical (unpaired) electrons. The Labute approximate surface area is 101 Å². The maximum Gasteiger partial charge on any atom is 0.127 e. The standard InChI is InChI=1S/C13H19NO3/c1-16-12-8-10(15)2-3-11(12)13(14)9-4-6-17-7-5-9/h2-3,8-9,13,15H,4-7,14H2,1H3/t13-/m1/s1. The molecule has 1 heterocycles. The average Bonchev–Trinajstić information content (AvgIpc) is 2.39. The molecule has 0 amide bonds. The monoisotopic (exact) mass is 237 g/mol. The Morgan fingerprint density at radius 3 is 2.76 bits per heavy atom. The normalized spacial score (nSPS) is 18.9. The zero-order valence-corrected chi connectivity index (χ0v) is 10.1. The lowest BCUT2D eigenvalue weighted by molar-refractivity contribution is 0.0581. The zero-order chi connectivity index (χ0) is 12.3. The predicted molar refractivity (Wildman–Crippen MR) is 65.1 cm³/mol. The first-order valence-corrected chi connectivity index (χ1v) is 5.92. The topological polar surface area (TPSA) is 64.7 Å². The van der Waals surface area contributed by atoms with Crippen molar-refractivity contribution in [2.75, 3.05) is 20.3 Å². The second-order valence-corrected chi connectivity index (χ2v) is 4.40. The van der Waals surface area contributed by atoms with Crippen molar-refractivity contribution in [2.45, 2.75) is 18.9 Å². The van der Waals surface area contributed by atoms with Crippen molar-refractivity contribution in [3.63, 3.8) is 0 Å². The number of benzene rings is 1. The second kappa shape index (κ2) is 5.38. The van der Waals surface area contributed by atoms with Crippen LogP contribution in [0.1, 0.15) is 24.4 Å². The highest BCUT2D eigenvalue weighted by Gasteiger charge is 2.24. The van der Waals surface area contributed by atoms with Crippen molar-refractivity contribution in [2.24, 2.45) is 11.7 Å². The minimum atomic E-state index is -0.0607. The summed E-state index contributed by atoms with van der Waals surface area (Å²) in [6.45, 7) is 1.55. The molecule has 1 aromatic rings. The Morgan fingerprint density at radius 1 is 1.41 bits per heavy atom. The maximum atomic E-state index is 9.42. The van der Waals surface area contributed by atoms with Gasteiger partial charge in [-0.2, -0.15) is 0 Å². The largest absolute Gasteiger partial charge is 0.508 e. The molecule has 1 aliphatic rings. The van der Waals surface area contributed by atoms with Crippen LogP contribution in [0.4, 0.5) is 0 Å². The highest BCUT2D eigenvalue weighted by atomic mass is 16.5. The van der Waals surface area contributed by atoms with Gasteiger partial charge < -0.3 is 20.3 Å². The fourth-order valence-electron chi connectivity index (χ4n) is 2.30. The van der Waals surface area contributed by atoms with Crippen LogP contribution in [0.2, 0.25) is 0 Å². The molecule has 0 aliphatic carbocycles. The van der Waals surface area contributed by atoms with Gasteiger partial charge in [0.05, 0.1) is 7.11 Å². The summed E-state index contributed by atoms with van der Waals surface area (Å²) in [6.07, 6.45) is 1.95. The van der Waals surface area contributed by atoms with Crippen LogP contribution >= 0.6 is 0 Å². The molecule has 1 aromatic carbocycles. The van der Waals surface area contributed by atoms with E-state index in [4.69, 9.17) is 15.2 Å². The van der Waals surface area contributed by atoms with Crippen LogP contribution in [0.25, 0.3) is 0 Å². The van der Waals surface area contributed by atoms with Gasteiger partial charge >= 0.3 is 0 Å². The SMILES string of the molecule is COc1cc(O)ccc1[C@H](N)C1CCOCC1. The van der Waals surface area contributed by atoms with Crippen LogP contribution in [0, 0.1) is 5.92 Å². The van der Waals surface area contributed by atoms with Gasteiger partial charge in [-0.15, -0.1) is 0 Å². The lowest BCUT2D eigenvalue weighted by Crippen LogP contribution is -2.27. The van der Waals surface area contributed by atoms with E-state index in [2.05, 4.69) is 0 Å². The summed E-state index contributed by atoms with van der Waals surface area (Å²) in [4.78, 5) is 0. The van der Waals surface area contributed by atoms with Crippen LogP contribution in [-0.4, -0.2) is 25.4 Å². The molecule has 1 fully saturated rings. The van der Waals surface area contributed by atoms with Gasteiger partial charge in [-0.3, -0.25) is 0 Å². The van der Waals surface area contributed by atoms with Crippen molar-refractivity contribution in [3.05, 3.63) is 23.8 Å². The fourth-order valence-corrected chi connectivity index (χ4v) is 2.30. The molecule has 0 spiro atoms. The molecular formula is C13H19NO3. The van der Waals surface area contributed by atoms with Crippen LogP contribution in [0.3, 0.4) is 0 Å². The molecular weight excluding hydrogens is 218 g/mol. The molecule has 3 N–H and O–H groups in total. The second-order valence-electron chi connectivity index (χ2n) is 4.40. The van der Waals surface area contributed by atoms with Gasteiger partial charge in [-0.05, 0) is 24.8 Å². The number of ether oxygens (including phenoxy) is 2. The van der Waals surface area contributed by atoms with E-state index in [1.165, 1.54) is 0 Å². The summed E-state index contributed by atoms with van der Waals surface area (Å²) < 4.78 is 10.6. The van der Waals surface area contributed by atoms with Crippen LogP contribution < -0.4 is 10.5 Å². The summed E-state index contributed by atoms with van der Waals surface area (Å²) in [5, 5.41) is 9.42. The quantitative estimate of drug-likeness (QED) is 0.841. The lowest BCUT2D eigenvalue weighted by atomic mass is 9.87. The van der Waals surface area contributed by atoms with E-state index in [9.17, 15) is 5.11 Å². The number of aromatic hydroxyl groups is 1. The molecule has 4 heteroatoms. The number of rotatable bonds is 3. The van der Waals surface area contributed by atoms with E-state index in [1.54, 1.807) is 19.2 Å². The van der Waals surface area contributed by atoms with Gasteiger partial charge in [0, 0.05) is 30.9 Å². The van der Waals surface area contributed by atoms with E-state index in [-0.39, 0.29) is 11.8 Å². The Balaban J connectivity index is 2.19. The van der Waals surface area contributed by atoms with Crippen molar-refractivity contribution < 1.29 is 14.6 Å². The Morgan fingerprint density at radius 2 is 2.12 bits per heavy atom. The lowest BCUT2D eigenvalue weighted by Gasteiger charge is -2.28. The first-order chi connectivity index (χ1) is 8.22. The molecule has 0 aromatic heterocycles. The number of phenols is 1. The summed E-state index contributed by atoms with van der Waals surface area (Å²) >= 11 is 0. The van der Waals surface area contributed by atoms with Gasteiger partial charge in [0.25, 0.3) is 0 Å². The number of phenolic OH excluding ortho intramolecular Hbond substituents is 1. The molecule has 17 heavy (non-hydrogen) atoms. The van der Waals surface area contributed by atoms with Crippen molar-refractivity contribution in [1.82, 2.24) is 0 Å². The molecule has 4 nitrogen and oxygen atoms in total. The van der Waals surface area contributed by atoms with E-state index in [0.717, 1.165) is 31.6 Å². The number of hydrogen-bond donors (Lipinski definition) is 2. The Hall–Kier alpha value is -1.26. The third-order valence-electron chi connectivity index (χ3n) is 3.35. The summed E-state index contributed by atoms with van der Waals surface area (Å²) in [6, 6.07) is 5.04. The summed E-state index contributed by atoms with van der Waals surface area (Å²) in [5.41, 5.74) is 7.23. The first-order valence-electron chi connectivity index (χ1n) is 5.92. The zero-order valence-electron chi connectivity index (χ0n) is 10.1. The third kappa shape index (κ3) is 2.70. The molecule has 0 unspecified atom stereocenters. The molecule has 0 bridgehead atoms. The number of methoxy groups -OCH3 is 1.